The molecule has 2 aliphatic heterocycles. The Morgan fingerprint density at radius 2 is 1.87 bits per heavy atom. The molecule has 0 fully saturated rings. The van der Waals surface area contributed by atoms with E-state index in [2.05, 4.69) is 63.9 Å². The topological polar surface area (TPSA) is 22.9 Å². The van der Waals surface area contributed by atoms with Crippen molar-refractivity contribution < 1.29 is 4.42 Å². The van der Waals surface area contributed by atoms with Crippen LogP contribution in [0.2, 0.25) is 0 Å². The minimum Gasteiger partial charge on any atom is -0.464 e. The van der Waals surface area contributed by atoms with E-state index in [0.717, 1.165) is 57.0 Å². The second-order valence-corrected chi connectivity index (χ2v) is 8.30. The van der Waals surface area contributed by atoms with E-state index in [1.54, 1.807) is 11.8 Å². The van der Waals surface area contributed by atoms with Crippen molar-refractivity contribution in [3.63, 3.8) is 0 Å². The first kappa shape index (κ1) is 19.0. The van der Waals surface area contributed by atoms with E-state index >= 15 is 0 Å². The van der Waals surface area contributed by atoms with Crippen LogP contribution in [0, 0.1) is 11.8 Å². The summed E-state index contributed by atoms with van der Waals surface area (Å²) in [6, 6.07) is 18.8. The molecule has 0 saturated carbocycles. The summed E-state index contributed by atoms with van der Waals surface area (Å²) in [4.78, 5) is 7.44. The maximum absolute atomic E-state index is 5.48. The van der Waals surface area contributed by atoms with E-state index < -0.39 is 0 Å². The Bertz CT molecular complexity index is 1120. The van der Waals surface area contributed by atoms with Gasteiger partial charge in [-0.25, -0.2) is 0 Å². The summed E-state index contributed by atoms with van der Waals surface area (Å²) in [6.07, 6.45) is 2.88. The molecule has 152 valence electrons. The molecule has 2 aliphatic rings. The fourth-order valence-electron chi connectivity index (χ4n) is 4.58. The minimum absolute atomic E-state index is 0.826. The lowest BCUT2D eigenvalue weighted by Crippen LogP contribution is -2.47. The number of benzene rings is 2. The normalized spacial score (nSPS) is 17.7. The fraction of sp³-hybridized carbons (Fsp3) is 0.308. The van der Waals surface area contributed by atoms with Crippen molar-refractivity contribution in [3.05, 3.63) is 83.3 Å². The van der Waals surface area contributed by atoms with Gasteiger partial charge in [-0.1, -0.05) is 36.1 Å². The van der Waals surface area contributed by atoms with Crippen molar-refractivity contribution in [2.45, 2.75) is 13.0 Å². The van der Waals surface area contributed by atoms with Crippen LogP contribution in [-0.4, -0.2) is 54.6 Å². The van der Waals surface area contributed by atoms with E-state index in [4.69, 9.17) is 4.42 Å². The molecule has 30 heavy (non-hydrogen) atoms. The van der Waals surface area contributed by atoms with Crippen LogP contribution in [0.3, 0.4) is 0 Å². The lowest BCUT2D eigenvalue weighted by molar-refractivity contribution is 0.137. The Labute approximate surface area is 178 Å². The van der Waals surface area contributed by atoms with E-state index in [0.29, 0.717) is 0 Å². The van der Waals surface area contributed by atoms with Crippen molar-refractivity contribution in [2.75, 3.05) is 39.9 Å². The molecule has 3 heterocycles. The van der Waals surface area contributed by atoms with Crippen LogP contribution in [0.15, 0.2) is 76.5 Å². The number of fused-ring (bicyclic) bond motifs is 1. The van der Waals surface area contributed by atoms with Crippen LogP contribution < -0.4 is 0 Å². The van der Waals surface area contributed by atoms with Gasteiger partial charge in [-0.3, -0.25) is 9.80 Å². The van der Waals surface area contributed by atoms with Gasteiger partial charge in [0.05, 0.1) is 19.5 Å². The first-order chi connectivity index (χ1) is 14.7. The molecule has 0 bridgehead atoms. The maximum atomic E-state index is 5.48. The molecule has 4 nitrogen and oxygen atoms in total. The van der Waals surface area contributed by atoms with Crippen molar-refractivity contribution in [3.8, 4) is 11.8 Å². The van der Waals surface area contributed by atoms with Crippen LogP contribution in [0.25, 0.3) is 11.0 Å². The zero-order chi connectivity index (χ0) is 20.3. The predicted molar refractivity (Wildman–Crippen MR) is 121 cm³/mol. The van der Waals surface area contributed by atoms with Gasteiger partial charge in [0.1, 0.15) is 5.58 Å². The van der Waals surface area contributed by atoms with Crippen LogP contribution >= 0.6 is 0 Å². The summed E-state index contributed by atoms with van der Waals surface area (Å²) in [5, 5.41) is 1.18. The monoisotopic (exact) mass is 397 g/mol. The number of furan rings is 1. The van der Waals surface area contributed by atoms with Crippen molar-refractivity contribution in [1.29, 1.82) is 0 Å². The van der Waals surface area contributed by atoms with Gasteiger partial charge in [-0.05, 0) is 41.5 Å². The SMILES string of the molecule is CN1CN(Cc2ccc3occc3c2)CC2=C1CCN(CC#Cc1ccccc1)C2. The third-order valence-electron chi connectivity index (χ3n) is 6.01. The van der Waals surface area contributed by atoms with Crippen LogP contribution in [0.5, 0.6) is 0 Å². The van der Waals surface area contributed by atoms with E-state index in [1.807, 2.05) is 24.3 Å². The molecule has 0 amide bonds. The summed E-state index contributed by atoms with van der Waals surface area (Å²) in [6.45, 7) is 5.90. The fourth-order valence-corrected chi connectivity index (χ4v) is 4.58. The summed E-state index contributed by atoms with van der Waals surface area (Å²) in [7, 11) is 2.23. The molecule has 2 aromatic carbocycles. The molecule has 0 unspecified atom stereocenters. The Hall–Kier alpha value is -3.00. The molecular weight excluding hydrogens is 370 g/mol. The molecule has 0 spiro atoms. The number of rotatable bonds is 3. The van der Waals surface area contributed by atoms with Crippen LogP contribution in [0.1, 0.15) is 17.5 Å². The van der Waals surface area contributed by atoms with Gasteiger partial charge >= 0.3 is 0 Å². The molecule has 0 atom stereocenters. The Morgan fingerprint density at radius 3 is 2.77 bits per heavy atom. The smallest absolute Gasteiger partial charge is 0.133 e. The first-order valence-electron chi connectivity index (χ1n) is 10.6. The van der Waals surface area contributed by atoms with Gasteiger partial charge in [-0.15, -0.1) is 0 Å². The van der Waals surface area contributed by atoms with Crippen LogP contribution in [-0.2, 0) is 6.54 Å². The number of nitrogens with zero attached hydrogens (tertiary/aromatic N) is 3. The van der Waals surface area contributed by atoms with Crippen molar-refractivity contribution in [1.82, 2.24) is 14.7 Å². The third-order valence-corrected chi connectivity index (χ3v) is 6.01. The number of hydrogen-bond acceptors (Lipinski definition) is 4. The molecule has 4 heteroatoms. The molecule has 3 aromatic rings. The second kappa shape index (κ2) is 8.39. The summed E-state index contributed by atoms with van der Waals surface area (Å²) in [5.74, 6) is 6.65. The molecule has 0 aliphatic carbocycles. The van der Waals surface area contributed by atoms with Crippen molar-refractivity contribution >= 4 is 11.0 Å². The Morgan fingerprint density at radius 1 is 1.00 bits per heavy atom. The summed E-state index contributed by atoms with van der Waals surface area (Å²) < 4.78 is 5.48. The van der Waals surface area contributed by atoms with Gasteiger partial charge in [-0.2, -0.15) is 0 Å². The maximum Gasteiger partial charge on any atom is 0.133 e. The Kier molecular flexibility index (Phi) is 5.31. The molecule has 0 radical (unpaired) electrons. The lowest BCUT2D eigenvalue weighted by Gasteiger charge is -2.42. The highest BCUT2D eigenvalue weighted by Crippen LogP contribution is 2.27. The van der Waals surface area contributed by atoms with Crippen LogP contribution in [0.4, 0.5) is 0 Å². The Balaban J connectivity index is 1.24. The molecule has 0 saturated heterocycles. The largest absolute Gasteiger partial charge is 0.464 e. The highest BCUT2D eigenvalue weighted by Gasteiger charge is 2.27. The zero-order valence-corrected chi connectivity index (χ0v) is 17.5. The molecule has 0 N–H and O–H groups in total. The average Bonchev–Trinajstić information content (AvgIpc) is 3.22. The molecule has 1 aromatic heterocycles. The van der Waals surface area contributed by atoms with E-state index in [-0.39, 0.29) is 0 Å². The van der Waals surface area contributed by atoms with Gasteiger partial charge in [0, 0.05) is 56.3 Å². The van der Waals surface area contributed by atoms with Crippen molar-refractivity contribution in [2.24, 2.45) is 0 Å². The van der Waals surface area contributed by atoms with E-state index in [1.165, 1.54) is 16.6 Å². The average molecular weight is 398 g/mol. The van der Waals surface area contributed by atoms with E-state index in [9.17, 15) is 0 Å². The van der Waals surface area contributed by atoms with Gasteiger partial charge < -0.3 is 9.32 Å². The highest BCUT2D eigenvalue weighted by molar-refractivity contribution is 5.77. The predicted octanol–water partition coefficient (Wildman–Crippen LogP) is 4.15. The second-order valence-electron chi connectivity index (χ2n) is 8.30. The molecule has 5 rings (SSSR count). The van der Waals surface area contributed by atoms with Gasteiger partial charge in [0.2, 0.25) is 0 Å². The van der Waals surface area contributed by atoms with Gasteiger partial charge in [0.15, 0.2) is 0 Å². The summed E-state index contributed by atoms with van der Waals surface area (Å²) in [5.41, 5.74) is 6.46. The zero-order valence-electron chi connectivity index (χ0n) is 17.5. The molecular formula is C26H27N3O. The third kappa shape index (κ3) is 4.14. The minimum atomic E-state index is 0.826. The lowest BCUT2D eigenvalue weighted by atomic mass is 10.0. The van der Waals surface area contributed by atoms with Gasteiger partial charge in [0.25, 0.3) is 0 Å². The standard InChI is InChI=1S/C26H27N3O/c1-27-20-29(17-22-9-10-26-23(16-22)12-15-30-26)19-24-18-28(14-11-25(24)27)13-5-8-21-6-3-2-4-7-21/h2-4,6-7,9-10,12,15-16H,11,13-14,17-20H2,1H3. The quantitative estimate of drug-likeness (QED) is 0.620. The number of hydrogen-bond donors (Lipinski definition) is 0. The summed E-state index contributed by atoms with van der Waals surface area (Å²) >= 11 is 0. The first-order valence-corrected chi connectivity index (χ1v) is 10.6. The highest BCUT2D eigenvalue weighted by atomic mass is 16.3.